The molecule has 3 N–H and O–H groups in total. The predicted octanol–water partition coefficient (Wildman–Crippen LogP) is 2.56. The average molecular weight is 272 g/mol. The number of furan rings is 1. The summed E-state index contributed by atoms with van der Waals surface area (Å²) < 4.78 is 5.43. The molecule has 0 saturated carbocycles. The van der Waals surface area contributed by atoms with E-state index in [0.717, 1.165) is 11.3 Å². The largest absolute Gasteiger partial charge is 0.466 e. The molecule has 0 atom stereocenters. The third-order valence-corrected chi connectivity index (χ3v) is 3.19. The van der Waals surface area contributed by atoms with E-state index in [0.29, 0.717) is 22.6 Å². The van der Waals surface area contributed by atoms with Crippen LogP contribution in [0.4, 0.5) is 5.69 Å². The molecule has 0 aliphatic rings. The molecular weight excluding hydrogens is 256 g/mol. The molecular formula is C15H16N2O3. The summed E-state index contributed by atoms with van der Waals surface area (Å²) >= 11 is 0. The van der Waals surface area contributed by atoms with Gasteiger partial charge in [0.15, 0.2) is 0 Å². The number of carbonyl (C=O) groups is 2. The number of hydrogen-bond acceptors (Lipinski definition) is 3. The summed E-state index contributed by atoms with van der Waals surface area (Å²) in [4.78, 5) is 23.4. The summed E-state index contributed by atoms with van der Waals surface area (Å²) in [5.74, 6) is 0.494. The van der Waals surface area contributed by atoms with E-state index in [2.05, 4.69) is 5.32 Å². The standard InChI is InChI=1S/C15H16N2O3/c1-8-9(2)20-10(3)13(8)15(19)17-12-6-4-5-11(7-12)14(16)18/h4-7H,1-3H3,(H2,16,18)(H,17,19). The van der Waals surface area contributed by atoms with Crippen LogP contribution in [0.15, 0.2) is 28.7 Å². The first-order valence-electron chi connectivity index (χ1n) is 6.18. The lowest BCUT2D eigenvalue weighted by Crippen LogP contribution is -2.15. The van der Waals surface area contributed by atoms with Gasteiger partial charge in [-0.25, -0.2) is 0 Å². The first-order chi connectivity index (χ1) is 9.40. The summed E-state index contributed by atoms with van der Waals surface area (Å²) in [5.41, 5.74) is 7.41. The Morgan fingerprint density at radius 1 is 1.15 bits per heavy atom. The topological polar surface area (TPSA) is 85.3 Å². The van der Waals surface area contributed by atoms with E-state index in [-0.39, 0.29) is 5.91 Å². The molecule has 0 saturated heterocycles. The van der Waals surface area contributed by atoms with E-state index < -0.39 is 5.91 Å². The molecule has 5 heteroatoms. The van der Waals surface area contributed by atoms with Crippen molar-refractivity contribution in [3.8, 4) is 0 Å². The summed E-state index contributed by atoms with van der Waals surface area (Å²) in [7, 11) is 0. The van der Waals surface area contributed by atoms with Crippen molar-refractivity contribution in [3.63, 3.8) is 0 Å². The molecule has 0 fully saturated rings. The molecule has 1 aromatic carbocycles. The minimum absolute atomic E-state index is 0.265. The number of carbonyl (C=O) groups excluding carboxylic acids is 2. The van der Waals surface area contributed by atoms with Gasteiger partial charge in [-0.15, -0.1) is 0 Å². The Bertz CT molecular complexity index is 686. The lowest BCUT2D eigenvalue weighted by Gasteiger charge is -2.06. The van der Waals surface area contributed by atoms with Crippen LogP contribution in [0.1, 0.15) is 37.8 Å². The van der Waals surface area contributed by atoms with E-state index in [1.807, 2.05) is 13.8 Å². The summed E-state index contributed by atoms with van der Waals surface area (Å²) in [6, 6.07) is 6.49. The Labute approximate surface area is 116 Å². The molecule has 20 heavy (non-hydrogen) atoms. The van der Waals surface area contributed by atoms with Gasteiger partial charge in [0.05, 0.1) is 5.56 Å². The second-order valence-electron chi connectivity index (χ2n) is 4.61. The quantitative estimate of drug-likeness (QED) is 0.900. The van der Waals surface area contributed by atoms with Crippen LogP contribution >= 0.6 is 0 Å². The third-order valence-electron chi connectivity index (χ3n) is 3.19. The van der Waals surface area contributed by atoms with E-state index in [9.17, 15) is 9.59 Å². The first kappa shape index (κ1) is 13.9. The van der Waals surface area contributed by atoms with Crippen LogP contribution in [0.25, 0.3) is 0 Å². The highest BCUT2D eigenvalue weighted by Crippen LogP contribution is 2.22. The zero-order valence-electron chi connectivity index (χ0n) is 11.6. The minimum atomic E-state index is -0.535. The number of rotatable bonds is 3. The Morgan fingerprint density at radius 3 is 2.40 bits per heavy atom. The fraction of sp³-hybridized carbons (Fsp3) is 0.200. The molecule has 0 aliphatic heterocycles. The van der Waals surface area contributed by atoms with E-state index in [4.69, 9.17) is 10.2 Å². The Kier molecular flexibility index (Phi) is 3.61. The van der Waals surface area contributed by atoms with Crippen LogP contribution in [0.3, 0.4) is 0 Å². The maximum Gasteiger partial charge on any atom is 0.259 e. The molecule has 0 aliphatic carbocycles. The van der Waals surface area contributed by atoms with Crippen molar-refractivity contribution in [1.29, 1.82) is 0 Å². The number of nitrogens with two attached hydrogens (primary N) is 1. The molecule has 2 amide bonds. The van der Waals surface area contributed by atoms with Crippen LogP contribution in [0.2, 0.25) is 0 Å². The normalized spacial score (nSPS) is 10.3. The number of anilines is 1. The zero-order valence-corrected chi connectivity index (χ0v) is 11.6. The van der Waals surface area contributed by atoms with E-state index in [1.54, 1.807) is 25.1 Å². The van der Waals surface area contributed by atoms with E-state index >= 15 is 0 Å². The fourth-order valence-corrected chi connectivity index (χ4v) is 2.07. The lowest BCUT2D eigenvalue weighted by atomic mass is 10.1. The van der Waals surface area contributed by atoms with Crippen molar-refractivity contribution >= 4 is 17.5 Å². The van der Waals surface area contributed by atoms with Gasteiger partial charge < -0.3 is 15.5 Å². The van der Waals surface area contributed by atoms with Crippen LogP contribution < -0.4 is 11.1 Å². The number of nitrogens with one attached hydrogen (secondary N) is 1. The fourth-order valence-electron chi connectivity index (χ4n) is 2.07. The molecule has 104 valence electrons. The lowest BCUT2D eigenvalue weighted by molar-refractivity contribution is 0.0995. The number of hydrogen-bond donors (Lipinski definition) is 2. The molecule has 2 rings (SSSR count). The maximum absolute atomic E-state index is 12.3. The van der Waals surface area contributed by atoms with Crippen LogP contribution in [-0.4, -0.2) is 11.8 Å². The van der Waals surface area contributed by atoms with Crippen molar-refractivity contribution in [2.45, 2.75) is 20.8 Å². The first-order valence-corrected chi connectivity index (χ1v) is 6.18. The monoisotopic (exact) mass is 272 g/mol. The van der Waals surface area contributed by atoms with Gasteiger partial charge in [-0.1, -0.05) is 6.07 Å². The Balaban J connectivity index is 2.28. The van der Waals surface area contributed by atoms with Crippen LogP contribution in [0.5, 0.6) is 0 Å². The molecule has 1 aromatic heterocycles. The van der Waals surface area contributed by atoms with Crippen molar-refractivity contribution < 1.29 is 14.0 Å². The predicted molar refractivity (Wildman–Crippen MR) is 75.8 cm³/mol. The van der Waals surface area contributed by atoms with Crippen molar-refractivity contribution in [2.75, 3.05) is 5.32 Å². The number of aryl methyl sites for hydroxylation is 2. The van der Waals surface area contributed by atoms with Crippen molar-refractivity contribution in [1.82, 2.24) is 0 Å². The smallest absolute Gasteiger partial charge is 0.259 e. The summed E-state index contributed by atoms with van der Waals surface area (Å²) in [6.45, 7) is 5.39. The van der Waals surface area contributed by atoms with Crippen molar-refractivity contribution in [2.24, 2.45) is 5.73 Å². The van der Waals surface area contributed by atoms with Gasteiger partial charge in [-0.3, -0.25) is 9.59 Å². The highest BCUT2D eigenvalue weighted by Gasteiger charge is 2.18. The van der Waals surface area contributed by atoms with E-state index in [1.165, 1.54) is 6.07 Å². The number of benzene rings is 1. The minimum Gasteiger partial charge on any atom is -0.466 e. The van der Waals surface area contributed by atoms with Gasteiger partial charge >= 0.3 is 0 Å². The highest BCUT2D eigenvalue weighted by molar-refractivity contribution is 6.06. The molecule has 5 nitrogen and oxygen atoms in total. The molecule has 2 aromatic rings. The summed E-state index contributed by atoms with van der Waals surface area (Å²) in [6.07, 6.45) is 0. The van der Waals surface area contributed by atoms with Gasteiger partial charge in [-0.05, 0) is 39.0 Å². The Hall–Kier alpha value is -2.56. The molecule has 0 unspecified atom stereocenters. The number of amides is 2. The second kappa shape index (κ2) is 5.21. The Morgan fingerprint density at radius 2 is 1.85 bits per heavy atom. The van der Waals surface area contributed by atoms with Crippen LogP contribution in [0, 0.1) is 20.8 Å². The average Bonchev–Trinajstić information content (AvgIpc) is 2.63. The van der Waals surface area contributed by atoms with Gasteiger partial charge in [0, 0.05) is 16.8 Å². The van der Waals surface area contributed by atoms with Gasteiger partial charge in [0.2, 0.25) is 5.91 Å². The molecule has 0 spiro atoms. The van der Waals surface area contributed by atoms with Crippen LogP contribution in [-0.2, 0) is 0 Å². The molecule has 0 bridgehead atoms. The van der Waals surface area contributed by atoms with Crippen molar-refractivity contribution in [3.05, 3.63) is 52.5 Å². The maximum atomic E-state index is 12.3. The van der Waals surface area contributed by atoms with Gasteiger partial charge in [-0.2, -0.15) is 0 Å². The molecule has 1 heterocycles. The third kappa shape index (κ3) is 2.56. The SMILES string of the molecule is Cc1oc(C)c(C(=O)Nc2cccc(C(N)=O)c2)c1C. The second-order valence-corrected chi connectivity index (χ2v) is 4.61. The van der Waals surface area contributed by atoms with Gasteiger partial charge in [0.1, 0.15) is 11.5 Å². The highest BCUT2D eigenvalue weighted by atomic mass is 16.3. The van der Waals surface area contributed by atoms with Gasteiger partial charge in [0.25, 0.3) is 5.91 Å². The number of primary amides is 1. The molecule has 0 radical (unpaired) electrons. The summed E-state index contributed by atoms with van der Waals surface area (Å²) in [5, 5.41) is 2.74. The zero-order chi connectivity index (χ0) is 14.9.